The van der Waals surface area contributed by atoms with Crippen molar-refractivity contribution in [2.24, 2.45) is 7.05 Å². The SMILES string of the molecule is COc1ccc2c(c1)C[C@H](N[C@H]1CCCO[C@@H]1c1nccn1C)CC2. The number of rotatable bonds is 4. The number of nitrogens with zero attached hydrogens (tertiary/aromatic N) is 2. The monoisotopic (exact) mass is 341 g/mol. The van der Waals surface area contributed by atoms with E-state index in [2.05, 4.69) is 33.1 Å². The van der Waals surface area contributed by atoms with Gasteiger partial charge in [-0.2, -0.15) is 0 Å². The molecule has 0 spiro atoms. The van der Waals surface area contributed by atoms with E-state index >= 15 is 0 Å². The quantitative estimate of drug-likeness (QED) is 0.929. The highest BCUT2D eigenvalue weighted by molar-refractivity contribution is 5.38. The zero-order valence-corrected chi connectivity index (χ0v) is 15.1. The largest absolute Gasteiger partial charge is 0.497 e. The Kier molecular flexibility index (Phi) is 4.77. The molecule has 0 unspecified atom stereocenters. The zero-order chi connectivity index (χ0) is 17.2. The molecule has 2 heterocycles. The van der Waals surface area contributed by atoms with Gasteiger partial charge in [0.2, 0.25) is 0 Å². The van der Waals surface area contributed by atoms with Gasteiger partial charge in [-0.3, -0.25) is 0 Å². The van der Waals surface area contributed by atoms with Crippen molar-refractivity contribution in [3.8, 4) is 5.75 Å². The molecule has 4 rings (SSSR count). The van der Waals surface area contributed by atoms with E-state index in [9.17, 15) is 0 Å². The van der Waals surface area contributed by atoms with Crippen molar-refractivity contribution in [2.75, 3.05) is 13.7 Å². The van der Waals surface area contributed by atoms with Crippen molar-refractivity contribution in [1.29, 1.82) is 0 Å². The minimum atomic E-state index is 0.0421. The van der Waals surface area contributed by atoms with Gasteiger partial charge in [-0.15, -0.1) is 0 Å². The fourth-order valence-corrected chi connectivity index (χ4v) is 4.16. The summed E-state index contributed by atoms with van der Waals surface area (Å²) < 4.78 is 13.6. The minimum Gasteiger partial charge on any atom is -0.497 e. The molecule has 0 radical (unpaired) electrons. The Hall–Kier alpha value is -1.85. The van der Waals surface area contributed by atoms with Gasteiger partial charge in [-0.05, 0) is 55.4 Å². The molecule has 0 saturated carbocycles. The molecule has 1 aliphatic carbocycles. The second-order valence-corrected chi connectivity index (χ2v) is 7.18. The number of methoxy groups -OCH3 is 1. The highest BCUT2D eigenvalue weighted by atomic mass is 16.5. The Bertz CT molecular complexity index is 727. The predicted octanol–water partition coefficient (Wildman–Crippen LogP) is 2.80. The van der Waals surface area contributed by atoms with Gasteiger partial charge in [0, 0.05) is 38.1 Å². The highest BCUT2D eigenvalue weighted by Crippen LogP contribution is 2.30. The Balaban J connectivity index is 1.48. The standard InChI is InChI=1S/C20H27N3O2/c1-23-10-9-21-20(23)19-18(4-3-11-25-19)22-16-7-5-14-6-8-17(24-2)13-15(14)12-16/h6,8-10,13,16,18-19,22H,3-5,7,11-12H2,1-2H3/t16-,18+,19+/m1/s1. The summed E-state index contributed by atoms with van der Waals surface area (Å²) in [5, 5.41) is 3.88. The van der Waals surface area contributed by atoms with E-state index in [1.165, 1.54) is 17.5 Å². The lowest BCUT2D eigenvalue weighted by atomic mass is 9.87. The molecule has 1 saturated heterocycles. The maximum Gasteiger partial charge on any atom is 0.139 e. The van der Waals surface area contributed by atoms with E-state index in [4.69, 9.17) is 9.47 Å². The molecule has 134 valence electrons. The summed E-state index contributed by atoms with van der Waals surface area (Å²) in [6, 6.07) is 7.28. The first-order chi connectivity index (χ1) is 12.2. The second kappa shape index (κ2) is 7.18. The van der Waals surface area contributed by atoms with Gasteiger partial charge in [-0.1, -0.05) is 6.07 Å². The van der Waals surface area contributed by atoms with E-state index in [1.54, 1.807) is 7.11 Å². The normalized spacial score (nSPS) is 26.2. The van der Waals surface area contributed by atoms with Crippen LogP contribution in [0.1, 0.15) is 42.3 Å². The van der Waals surface area contributed by atoms with Crippen molar-refractivity contribution in [1.82, 2.24) is 14.9 Å². The molecule has 1 N–H and O–H groups in total. The van der Waals surface area contributed by atoms with Crippen LogP contribution in [0.3, 0.4) is 0 Å². The van der Waals surface area contributed by atoms with Crippen LogP contribution in [-0.4, -0.2) is 35.4 Å². The van der Waals surface area contributed by atoms with E-state index in [-0.39, 0.29) is 6.10 Å². The Morgan fingerprint density at radius 1 is 1.28 bits per heavy atom. The number of aromatic nitrogens is 2. The number of nitrogens with one attached hydrogen (secondary N) is 1. The molecule has 1 aromatic carbocycles. The lowest BCUT2D eigenvalue weighted by molar-refractivity contribution is -0.0208. The molecule has 1 fully saturated rings. The molecule has 1 aliphatic heterocycles. The first-order valence-corrected chi connectivity index (χ1v) is 9.25. The number of hydrogen-bond donors (Lipinski definition) is 1. The van der Waals surface area contributed by atoms with E-state index in [1.807, 2.05) is 19.4 Å². The first kappa shape index (κ1) is 16.6. The second-order valence-electron chi connectivity index (χ2n) is 7.18. The van der Waals surface area contributed by atoms with Crippen molar-refractivity contribution < 1.29 is 9.47 Å². The van der Waals surface area contributed by atoms with Crippen LogP contribution >= 0.6 is 0 Å². The molecule has 5 nitrogen and oxygen atoms in total. The van der Waals surface area contributed by atoms with Crippen LogP contribution in [0.4, 0.5) is 0 Å². The third-order valence-electron chi connectivity index (χ3n) is 5.53. The van der Waals surface area contributed by atoms with Crippen molar-refractivity contribution in [3.63, 3.8) is 0 Å². The van der Waals surface area contributed by atoms with E-state index in [0.29, 0.717) is 12.1 Å². The fourth-order valence-electron chi connectivity index (χ4n) is 4.16. The fraction of sp³-hybridized carbons (Fsp3) is 0.550. The van der Waals surface area contributed by atoms with Crippen LogP contribution in [0.5, 0.6) is 5.75 Å². The van der Waals surface area contributed by atoms with E-state index in [0.717, 1.165) is 43.9 Å². The molecule has 5 heteroatoms. The van der Waals surface area contributed by atoms with Crippen LogP contribution in [-0.2, 0) is 24.6 Å². The van der Waals surface area contributed by atoms with Crippen LogP contribution in [0.2, 0.25) is 0 Å². The minimum absolute atomic E-state index is 0.0421. The van der Waals surface area contributed by atoms with Gasteiger partial charge in [0.25, 0.3) is 0 Å². The van der Waals surface area contributed by atoms with E-state index < -0.39 is 0 Å². The molecular formula is C20H27N3O2. The molecule has 2 aromatic rings. The van der Waals surface area contributed by atoms with Gasteiger partial charge in [0.05, 0.1) is 7.11 Å². The molecule has 1 aromatic heterocycles. The van der Waals surface area contributed by atoms with Gasteiger partial charge in [0.15, 0.2) is 0 Å². The van der Waals surface area contributed by atoms with Gasteiger partial charge < -0.3 is 19.4 Å². The number of benzene rings is 1. The number of imidazole rings is 1. The Morgan fingerprint density at radius 2 is 2.20 bits per heavy atom. The summed E-state index contributed by atoms with van der Waals surface area (Å²) in [5.41, 5.74) is 2.87. The summed E-state index contributed by atoms with van der Waals surface area (Å²) in [4.78, 5) is 4.52. The van der Waals surface area contributed by atoms with Crippen molar-refractivity contribution >= 4 is 0 Å². The van der Waals surface area contributed by atoms with Gasteiger partial charge >= 0.3 is 0 Å². The average Bonchev–Trinajstić information content (AvgIpc) is 3.07. The summed E-state index contributed by atoms with van der Waals surface area (Å²) in [6.45, 7) is 0.820. The summed E-state index contributed by atoms with van der Waals surface area (Å²) in [6.07, 6.45) is 9.48. The Morgan fingerprint density at radius 3 is 3.00 bits per heavy atom. The van der Waals surface area contributed by atoms with Crippen molar-refractivity contribution in [3.05, 3.63) is 47.5 Å². The van der Waals surface area contributed by atoms with Gasteiger partial charge in [0.1, 0.15) is 17.7 Å². The third-order valence-corrected chi connectivity index (χ3v) is 5.53. The highest BCUT2D eigenvalue weighted by Gasteiger charge is 2.32. The number of fused-ring (bicyclic) bond motifs is 1. The molecule has 3 atom stereocenters. The smallest absolute Gasteiger partial charge is 0.139 e. The summed E-state index contributed by atoms with van der Waals surface area (Å²) in [5.74, 6) is 1.97. The molecule has 2 aliphatic rings. The molecular weight excluding hydrogens is 314 g/mol. The summed E-state index contributed by atoms with van der Waals surface area (Å²) >= 11 is 0. The third kappa shape index (κ3) is 3.44. The van der Waals surface area contributed by atoms with Crippen LogP contribution in [0.25, 0.3) is 0 Å². The molecule has 25 heavy (non-hydrogen) atoms. The summed E-state index contributed by atoms with van der Waals surface area (Å²) in [7, 11) is 3.78. The number of aryl methyl sites for hydroxylation is 2. The maximum absolute atomic E-state index is 6.10. The molecule has 0 amide bonds. The molecule has 0 bridgehead atoms. The topological polar surface area (TPSA) is 48.3 Å². The van der Waals surface area contributed by atoms with Crippen LogP contribution in [0, 0.1) is 0 Å². The van der Waals surface area contributed by atoms with Crippen LogP contribution < -0.4 is 10.1 Å². The average molecular weight is 341 g/mol. The number of ether oxygens (including phenoxy) is 2. The number of hydrogen-bond acceptors (Lipinski definition) is 4. The lowest BCUT2D eigenvalue weighted by Gasteiger charge is -2.36. The maximum atomic E-state index is 6.10. The van der Waals surface area contributed by atoms with Crippen LogP contribution in [0.15, 0.2) is 30.6 Å². The lowest BCUT2D eigenvalue weighted by Crippen LogP contribution is -2.47. The van der Waals surface area contributed by atoms with Crippen molar-refractivity contribution in [2.45, 2.75) is 50.3 Å². The Labute approximate surface area is 149 Å². The first-order valence-electron chi connectivity index (χ1n) is 9.25. The zero-order valence-electron chi connectivity index (χ0n) is 15.1. The van der Waals surface area contributed by atoms with Gasteiger partial charge in [-0.25, -0.2) is 4.98 Å². The predicted molar refractivity (Wildman–Crippen MR) is 96.9 cm³/mol.